The van der Waals surface area contributed by atoms with Crippen LogP contribution in [-0.4, -0.2) is 27.0 Å². The average molecular weight is 421 g/mol. The number of para-hydroxylation sites is 2. The Bertz CT molecular complexity index is 1130. The molecule has 0 atom stereocenters. The Balaban J connectivity index is 1.42. The Morgan fingerprint density at radius 1 is 1.03 bits per heavy atom. The first kappa shape index (κ1) is 19.9. The van der Waals surface area contributed by atoms with Gasteiger partial charge < -0.3 is 14.6 Å². The third-order valence-electron chi connectivity index (χ3n) is 4.69. The fraction of sp³-hybridized carbons (Fsp3) is 0.174. The number of aromatic nitrogens is 3. The number of nitrogens with zero attached hydrogens (tertiary/aromatic N) is 3. The van der Waals surface area contributed by atoms with Crippen LogP contribution < -0.4 is 10.1 Å². The first-order valence-electron chi connectivity index (χ1n) is 9.71. The topological polar surface area (TPSA) is 69.0 Å². The first-order chi connectivity index (χ1) is 14.7. The molecule has 0 spiro atoms. The monoisotopic (exact) mass is 420 g/mol. The van der Waals surface area contributed by atoms with Crippen LogP contribution in [0.2, 0.25) is 5.02 Å². The number of rotatable bonds is 8. The van der Waals surface area contributed by atoms with E-state index in [1.807, 2.05) is 48.5 Å². The van der Waals surface area contributed by atoms with Crippen LogP contribution in [-0.2, 0) is 13.1 Å². The molecule has 2 aromatic carbocycles. The van der Waals surface area contributed by atoms with E-state index in [0.29, 0.717) is 23.7 Å². The van der Waals surface area contributed by atoms with Crippen molar-refractivity contribution in [3.05, 3.63) is 89.5 Å². The number of benzene rings is 2. The van der Waals surface area contributed by atoms with E-state index in [1.54, 1.807) is 24.5 Å². The Morgan fingerprint density at radius 3 is 2.60 bits per heavy atom. The van der Waals surface area contributed by atoms with Gasteiger partial charge in [-0.1, -0.05) is 23.7 Å². The number of carbonyl (C=O) groups is 1. The normalized spacial score (nSPS) is 10.8. The molecule has 0 saturated heterocycles. The predicted molar refractivity (Wildman–Crippen MR) is 117 cm³/mol. The van der Waals surface area contributed by atoms with Gasteiger partial charge in [0.15, 0.2) is 0 Å². The number of fused-ring (bicyclic) bond motifs is 1. The molecule has 0 aliphatic rings. The van der Waals surface area contributed by atoms with Gasteiger partial charge in [0.25, 0.3) is 5.91 Å². The van der Waals surface area contributed by atoms with Gasteiger partial charge >= 0.3 is 0 Å². The van der Waals surface area contributed by atoms with Crippen molar-refractivity contribution in [2.75, 3.05) is 6.61 Å². The maximum absolute atomic E-state index is 12.4. The molecule has 0 aliphatic heterocycles. The lowest BCUT2D eigenvalue weighted by molar-refractivity contribution is 0.0949. The summed E-state index contributed by atoms with van der Waals surface area (Å²) in [6.07, 6.45) is 4.00. The number of amides is 1. The summed E-state index contributed by atoms with van der Waals surface area (Å²) in [5, 5.41) is 3.63. The third-order valence-corrected chi connectivity index (χ3v) is 4.94. The standard InChI is InChI=1S/C23H21ClN4O2/c24-18-6-8-19(9-7-18)30-15-3-14-28-21-5-2-1-4-20(21)27-22(28)16-26-23(29)17-10-12-25-13-11-17/h1-2,4-13H,3,14-16H2,(H,26,29). The summed E-state index contributed by atoms with van der Waals surface area (Å²) in [5.41, 5.74) is 2.52. The van der Waals surface area contributed by atoms with Crippen LogP contribution in [0.3, 0.4) is 0 Å². The minimum absolute atomic E-state index is 0.151. The number of ether oxygens (including phenoxy) is 1. The van der Waals surface area contributed by atoms with Gasteiger partial charge in [-0.25, -0.2) is 4.98 Å². The summed E-state index contributed by atoms with van der Waals surface area (Å²) in [7, 11) is 0. The van der Waals surface area contributed by atoms with Crippen molar-refractivity contribution in [2.24, 2.45) is 0 Å². The molecule has 7 heteroatoms. The highest BCUT2D eigenvalue weighted by molar-refractivity contribution is 6.30. The zero-order chi connectivity index (χ0) is 20.8. The Kier molecular flexibility index (Phi) is 6.25. The molecule has 30 heavy (non-hydrogen) atoms. The van der Waals surface area contributed by atoms with Crippen molar-refractivity contribution in [1.29, 1.82) is 0 Å². The molecule has 0 unspecified atom stereocenters. The number of hydrogen-bond acceptors (Lipinski definition) is 4. The third kappa shape index (κ3) is 4.78. The molecule has 4 aromatic rings. The van der Waals surface area contributed by atoms with Gasteiger partial charge in [-0.15, -0.1) is 0 Å². The van der Waals surface area contributed by atoms with Gasteiger partial charge in [-0.3, -0.25) is 9.78 Å². The van der Waals surface area contributed by atoms with Gasteiger partial charge in [0.2, 0.25) is 0 Å². The van der Waals surface area contributed by atoms with E-state index < -0.39 is 0 Å². The number of nitrogens with one attached hydrogen (secondary N) is 1. The number of carbonyl (C=O) groups excluding carboxylic acids is 1. The summed E-state index contributed by atoms with van der Waals surface area (Å²) in [4.78, 5) is 21.0. The molecule has 0 radical (unpaired) electrons. The van der Waals surface area contributed by atoms with Crippen molar-refractivity contribution in [3.63, 3.8) is 0 Å². The molecule has 1 amide bonds. The lowest BCUT2D eigenvalue weighted by atomic mass is 10.2. The highest BCUT2D eigenvalue weighted by atomic mass is 35.5. The van der Waals surface area contributed by atoms with E-state index in [0.717, 1.165) is 35.6 Å². The van der Waals surface area contributed by atoms with Crippen LogP contribution in [0, 0.1) is 0 Å². The summed E-state index contributed by atoms with van der Waals surface area (Å²) in [5.74, 6) is 1.45. The maximum Gasteiger partial charge on any atom is 0.251 e. The molecule has 4 rings (SSSR count). The highest BCUT2D eigenvalue weighted by Gasteiger charge is 2.12. The van der Waals surface area contributed by atoms with Crippen LogP contribution in [0.15, 0.2) is 73.1 Å². The van der Waals surface area contributed by atoms with Crippen molar-refractivity contribution in [3.8, 4) is 5.75 Å². The van der Waals surface area contributed by atoms with E-state index in [9.17, 15) is 4.79 Å². The quantitative estimate of drug-likeness (QED) is 0.426. The van der Waals surface area contributed by atoms with Gasteiger partial charge in [0.05, 0.1) is 24.2 Å². The van der Waals surface area contributed by atoms with E-state index in [4.69, 9.17) is 21.3 Å². The van der Waals surface area contributed by atoms with Gasteiger partial charge in [0, 0.05) is 29.5 Å². The van der Waals surface area contributed by atoms with Crippen LogP contribution in [0.1, 0.15) is 22.6 Å². The van der Waals surface area contributed by atoms with Crippen LogP contribution in [0.4, 0.5) is 0 Å². The molecule has 0 aliphatic carbocycles. The summed E-state index contributed by atoms with van der Waals surface area (Å²) < 4.78 is 7.93. The highest BCUT2D eigenvalue weighted by Crippen LogP contribution is 2.18. The summed E-state index contributed by atoms with van der Waals surface area (Å²) in [6, 6.07) is 18.7. The summed E-state index contributed by atoms with van der Waals surface area (Å²) in [6.45, 7) is 1.64. The largest absolute Gasteiger partial charge is 0.494 e. The van der Waals surface area contributed by atoms with Gasteiger partial charge in [0.1, 0.15) is 11.6 Å². The second-order valence-corrected chi connectivity index (χ2v) is 7.18. The van der Waals surface area contributed by atoms with Crippen LogP contribution >= 0.6 is 11.6 Å². The van der Waals surface area contributed by atoms with Crippen molar-refractivity contribution in [1.82, 2.24) is 19.9 Å². The van der Waals surface area contributed by atoms with Gasteiger partial charge in [-0.05, 0) is 55.0 Å². The minimum Gasteiger partial charge on any atom is -0.494 e. The SMILES string of the molecule is O=C(NCc1nc2ccccc2n1CCCOc1ccc(Cl)cc1)c1ccncc1. The van der Waals surface area contributed by atoms with Crippen LogP contribution in [0.5, 0.6) is 5.75 Å². The fourth-order valence-corrected chi connectivity index (χ4v) is 3.34. The number of aryl methyl sites for hydroxylation is 1. The molecule has 2 heterocycles. The molecule has 152 valence electrons. The number of pyridine rings is 1. The molecular formula is C23H21ClN4O2. The summed E-state index contributed by atoms with van der Waals surface area (Å²) >= 11 is 5.91. The van der Waals surface area contributed by atoms with E-state index >= 15 is 0 Å². The molecule has 0 bridgehead atoms. The lowest BCUT2D eigenvalue weighted by Gasteiger charge is -2.11. The van der Waals surface area contributed by atoms with E-state index in [2.05, 4.69) is 14.9 Å². The lowest BCUT2D eigenvalue weighted by Crippen LogP contribution is -2.25. The molecule has 2 aromatic heterocycles. The molecule has 0 saturated carbocycles. The number of imidazole rings is 1. The zero-order valence-electron chi connectivity index (χ0n) is 16.3. The van der Waals surface area contributed by atoms with E-state index in [1.165, 1.54) is 0 Å². The first-order valence-corrected chi connectivity index (χ1v) is 10.1. The second kappa shape index (κ2) is 9.41. The van der Waals surface area contributed by atoms with Crippen molar-refractivity contribution < 1.29 is 9.53 Å². The number of hydrogen-bond donors (Lipinski definition) is 1. The predicted octanol–water partition coefficient (Wildman–Crippen LogP) is 4.48. The van der Waals surface area contributed by atoms with E-state index in [-0.39, 0.29) is 5.91 Å². The molecule has 6 nitrogen and oxygen atoms in total. The fourth-order valence-electron chi connectivity index (χ4n) is 3.22. The average Bonchev–Trinajstić information content (AvgIpc) is 3.14. The Hall–Kier alpha value is -3.38. The van der Waals surface area contributed by atoms with Crippen LogP contribution in [0.25, 0.3) is 11.0 Å². The number of halogens is 1. The van der Waals surface area contributed by atoms with Crippen molar-refractivity contribution in [2.45, 2.75) is 19.5 Å². The molecule has 1 N–H and O–H groups in total. The Morgan fingerprint density at radius 2 is 1.80 bits per heavy atom. The zero-order valence-corrected chi connectivity index (χ0v) is 17.0. The molecular weight excluding hydrogens is 400 g/mol. The molecule has 0 fully saturated rings. The second-order valence-electron chi connectivity index (χ2n) is 6.74. The van der Waals surface area contributed by atoms with Crippen molar-refractivity contribution >= 4 is 28.5 Å². The smallest absolute Gasteiger partial charge is 0.251 e. The minimum atomic E-state index is -0.151. The van der Waals surface area contributed by atoms with Gasteiger partial charge in [-0.2, -0.15) is 0 Å². The maximum atomic E-state index is 12.4. The Labute approximate surface area is 179 Å².